The monoisotopic (exact) mass is 210 g/mol. The van der Waals surface area contributed by atoms with E-state index in [0.717, 1.165) is 0 Å². The molecule has 1 unspecified atom stereocenters. The summed E-state index contributed by atoms with van der Waals surface area (Å²) in [5.74, 6) is 0.510. The van der Waals surface area contributed by atoms with Crippen molar-refractivity contribution in [1.82, 2.24) is 4.98 Å². The molecule has 4 heteroatoms. The molecule has 0 saturated heterocycles. The number of hydrogen-bond acceptors (Lipinski definition) is 4. The second kappa shape index (κ2) is 4.59. The highest BCUT2D eigenvalue weighted by atomic mass is 16.5. The van der Waals surface area contributed by atoms with Gasteiger partial charge in [0, 0.05) is 12.6 Å². The molecule has 1 rings (SSSR count). The molecule has 15 heavy (non-hydrogen) atoms. The lowest BCUT2D eigenvalue weighted by Gasteiger charge is -2.21. The van der Waals surface area contributed by atoms with Gasteiger partial charge >= 0.3 is 0 Å². The summed E-state index contributed by atoms with van der Waals surface area (Å²) in [6.45, 7) is 5.62. The molecule has 0 spiro atoms. The van der Waals surface area contributed by atoms with Crippen LogP contribution in [0.1, 0.15) is 26.5 Å². The Morgan fingerprint density at radius 3 is 2.73 bits per heavy atom. The highest BCUT2D eigenvalue weighted by molar-refractivity contribution is 5.20. The predicted octanol–water partition coefficient (Wildman–Crippen LogP) is 1.03. The van der Waals surface area contributed by atoms with E-state index in [1.54, 1.807) is 25.1 Å². The maximum Gasteiger partial charge on any atom is 0.213 e. The van der Waals surface area contributed by atoms with Crippen molar-refractivity contribution in [2.24, 2.45) is 5.73 Å². The smallest absolute Gasteiger partial charge is 0.213 e. The largest absolute Gasteiger partial charge is 0.475 e. The third-order valence-electron chi connectivity index (χ3n) is 2.03. The molecule has 3 N–H and O–H groups in total. The van der Waals surface area contributed by atoms with Crippen LogP contribution in [0.25, 0.3) is 0 Å². The second-order valence-corrected chi connectivity index (χ2v) is 4.01. The first-order valence-corrected chi connectivity index (χ1v) is 5.02. The van der Waals surface area contributed by atoms with Gasteiger partial charge in [-0.2, -0.15) is 0 Å². The number of hydrogen-bond donors (Lipinski definition) is 2. The molecule has 0 bridgehead atoms. The zero-order valence-corrected chi connectivity index (χ0v) is 9.40. The van der Waals surface area contributed by atoms with Crippen LogP contribution in [0.2, 0.25) is 0 Å². The zero-order chi connectivity index (χ0) is 11.5. The van der Waals surface area contributed by atoms with Gasteiger partial charge in [0.05, 0.1) is 11.8 Å². The van der Waals surface area contributed by atoms with Gasteiger partial charge in [-0.05, 0) is 26.8 Å². The Labute approximate surface area is 90.1 Å². The van der Waals surface area contributed by atoms with Crippen LogP contribution < -0.4 is 10.5 Å². The summed E-state index contributed by atoms with van der Waals surface area (Å²) in [5, 5.41) is 9.91. The zero-order valence-electron chi connectivity index (χ0n) is 9.40. The molecule has 0 aliphatic heterocycles. The van der Waals surface area contributed by atoms with E-state index < -0.39 is 5.60 Å². The van der Waals surface area contributed by atoms with Gasteiger partial charge < -0.3 is 15.6 Å². The van der Waals surface area contributed by atoms with E-state index in [4.69, 9.17) is 10.5 Å². The van der Waals surface area contributed by atoms with Gasteiger partial charge in [0.2, 0.25) is 5.88 Å². The van der Waals surface area contributed by atoms with Crippen molar-refractivity contribution in [3.8, 4) is 5.88 Å². The normalized spacial score (nSPS) is 15.1. The lowest BCUT2D eigenvalue weighted by atomic mass is 10.0. The first kappa shape index (κ1) is 11.9. The molecular formula is C11H18N2O2. The Morgan fingerprint density at radius 2 is 2.20 bits per heavy atom. The predicted molar refractivity (Wildman–Crippen MR) is 58.6 cm³/mol. The molecule has 0 saturated carbocycles. The molecule has 84 valence electrons. The first-order valence-electron chi connectivity index (χ1n) is 5.02. The van der Waals surface area contributed by atoms with Gasteiger partial charge in [-0.15, -0.1) is 0 Å². The lowest BCUT2D eigenvalue weighted by molar-refractivity contribution is 0.0610. The SMILES string of the molecule is CC(C)Oc1cccc(C(C)(O)CN)n1. The Hall–Kier alpha value is -1.13. The molecule has 4 nitrogen and oxygen atoms in total. The summed E-state index contributed by atoms with van der Waals surface area (Å²) in [6, 6.07) is 5.29. The van der Waals surface area contributed by atoms with Crippen molar-refractivity contribution in [2.75, 3.05) is 6.54 Å². The third kappa shape index (κ3) is 3.18. The average Bonchev–Trinajstić information content (AvgIpc) is 2.17. The minimum Gasteiger partial charge on any atom is -0.475 e. The molecular weight excluding hydrogens is 192 g/mol. The van der Waals surface area contributed by atoms with E-state index in [9.17, 15) is 5.11 Å². The van der Waals surface area contributed by atoms with Crippen LogP contribution >= 0.6 is 0 Å². The lowest BCUT2D eigenvalue weighted by Crippen LogP contribution is -2.32. The molecule has 0 aliphatic carbocycles. The summed E-state index contributed by atoms with van der Waals surface area (Å²) in [5.41, 5.74) is 4.89. The van der Waals surface area contributed by atoms with E-state index in [2.05, 4.69) is 4.98 Å². The highest BCUT2D eigenvalue weighted by Gasteiger charge is 2.22. The standard InChI is InChI=1S/C11H18N2O2/c1-8(2)15-10-6-4-5-9(13-10)11(3,14)7-12/h4-6,8,14H,7,12H2,1-3H3. The van der Waals surface area contributed by atoms with Gasteiger partial charge in [0.1, 0.15) is 5.60 Å². The number of rotatable bonds is 4. The summed E-state index contributed by atoms with van der Waals surface area (Å²) >= 11 is 0. The number of aromatic nitrogens is 1. The first-order chi connectivity index (χ1) is 6.95. The molecule has 0 aliphatic rings. The maximum atomic E-state index is 9.91. The Bertz CT molecular complexity index is 324. The van der Waals surface area contributed by atoms with Crippen molar-refractivity contribution in [1.29, 1.82) is 0 Å². The summed E-state index contributed by atoms with van der Waals surface area (Å²) in [6.07, 6.45) is 0.0653. The van der Waals surface area contributed by atoms with Crippen LogP contribution in [0.15, 0.2) is 18.2 Å². The van der Waals surface area contributed by atoms with Crippen LogP contribution in [0.4, 0.5) is 0 Å². The van der Waals surface area contributed by atoms with E-state index in [-0.39, 0.29) is 12.6 Å². The number of nitrogens with two attached hydrogens (primary N) is 1. The molecule has 0 fully saturated rings. The van der Waals surface area contributed by atoms with Gasteiger partial charge in [0.25, 0.3) is 0 Å². The van der Waals surface area contributed by atoms with Crippen molar-refractivity contribution < 1.29 is 9.84 Å². The Morgan fingerprint density at radius 1 is 1.53 bits per heavy atom. The summed E-state index contributed by atoms with van der Waals surface area (Å²) in [4.78, 5) is 4.20. The van der Waals surface area contributed by atoms with Crippen molar-refractivity contribution in [2.45, 2.75) is 32.5 Å². The van der Waals surface area contributed by atoms with Crippen molar-refractivity contribution in [3.05, 3.63) is 23.9 Å². The quantitative estimate of drug-likeness (QED) is 0.779. The minimum absolute atomic E-state index is 0.0653. The fraction of sp³-hybridized carbons (Fsp3) is 0.545. The van der Waals surface area contributed by atoms with E-state index in [1.807, 2.05) is 13.8 Å². The fourth-order valence-corrected chi connectivity index (χ4v) is 1.13. The Balaban J connectivity index is 2.92. The van der Waals surface area contributed by atoms with Gasteiger partial charge in [-0.3, -0.25) is 0 Å². The molecule has 0 radical (unpaired) electrons. The summed E-state index contributed by atoms with van der Waals surface area (Å²) < 4.78 is 5.43. The van der Waals surface area contributed by atoms with Gasteiger partial charge in [0.15, 0.2) is 0 Å². The van der Waals surface area contributed by atoms with Crippen LogP contribution in [-0.2, 0) is 5.60 Å². The van der Waals surface area contributed by atoms with E-state index >= 15 is 0 Å². The molecule has 1 heterocycles. The number of nitrogens with zero attached hydrogens (tertiary/aromatic N) is 1. The van der Waals surface area contributed by atoms with E-state index in [1.165, 1.54) is 0 Å². The van der Waals surface area contributed by atoms with Crippen LogP contribution in [0.5, 0.6) is 5.88 Å². The third-order valence-corrected chi connectivity index (χ3v) is 2.03. The van der Waals surface area contributed by atoms with E-state index in [0.29, 0.717) is 11.6 Å². The van der Waals surface area contributed by atoms with Crippen molar-refractivity contribution >= 4 is 0 Å². The number of ether oxygens (including phenoxy) is 1. The second-order valence-electron chi connectivity index (χ2n) is 4.01. The van der Waals surface area contributed by atoms with Crippen molar-refractivity contribution in [3.63, 3.8) is 0 Å². The topological polar surface area (TPSA) is 68.4 Å². The number of pyridine rings is 1. The van der Waals surface area contributed by atoms with Crippen LogP contribution in [0.3, 0.4) is 0 Å². The summed E-state index contributed by atoms with van der Waals surface area (Å²) in [7, 11) is 0. The molecule has 0 amide bonds. The molecule has 1 aromatic rings. The molecule has 0 aromatic carbocycles. The molecule has 1 aromatic heterocycles. The Kier molecular flexibility index (Phi) is 3.66. The highest BCUT2D eigenvalue weighted by Crippen LogP contribution is 2.19. The average molecular weight is 210 g/mol. The van der Waals surface area contributed by atoms with Crippen LogP contribution in [0, 0.1) is 0 Å². The molecule has 1 atom stereocenters. The van der Waals surface area contributed by atoms with Crippen LogP contribution in [-0.4, -0.2) is 22.7 Å². The number of aliphatic hydroxyl groups is 1. The fourth-order valence-electron chi connectivity index (χ4n) is 1.13. The van der Waals surface area contributed by atoms with Gasteiger partial charge in [-0.1, -0.05) is 6.07 Å². The maximum absolute atomic E-state index is 9.91. The van der Waals surface area contributed by atoms with Gasteiger partial charge in [-0.25, -0.2) is 4.98 Å². The minimum atomic E-state index is -1.10.